The molecule has 1 unspecified atom stereocenters. The second-order valence-electron chi connectivity index (χ2n) is 9.09. The first-order valence-corrected chi connectivity index (χ1v) is 11.7. The number of nitrogens with zero attached hydrogens (tertiary/aromatic N) is 4. The number of likely N-dealkylation sites (tertiary alicyclic amines) is 1. The van der Waals surface area contributed by atoms with Crippen LogP contribution >= 0.6 is 34.8 Å². The maximum absolute atomic E-state index is 12.6. The lowest BCUT2D eigenvalue weighted by molar-refractivity contribution is 0.0158. The van der Waals surface area contributed by atoms with Gasteiger partial charge in [-0.15, -0.1) is 0 Å². The van der Waals surface area contributed by atoms with Gasteiger partial charge in [-0.2, -0.15) is 4.98 Å². The topological polar surface area (TPSA) is 60.2 Å². The molecule has 1 atom stereocenters. The van der Waals surface area contributed by atoms with Crippen LogP contribution in [0.4, 0.5) is 4.79 Å². The van der Waals surface area contributed by atoms with E-state index in [2.05, 4.69) is 14.5 Å². The molecule has 1 amide bonds. The third-order valence-corrected chi connectivity index (χ3v) is 6.25. The van der Waals surface area contributed by atoms with Crippen molar-refractivity contribution in [2.75, 3.05) is 13.1 Å². The number of ether oxygens (including phenoxy) is 1. The first-order valence-electron chi connectivity index (χ1n) is 10.6. The molecular weight excluding hydrogens is 471 g/mol. The number of carbonyl (C=O) groups excluding carboxylic acids is 1. The SMILES string of the molecule is CC(C)(C)OC(=O)N1CCCC(Cn2c(-c3c(Cl)cccc3Cl)cc3cnc(Cl)nc32)C1. The minimum Gasteiger partial charge on any atom is -0.444 e. The minimum atomic E-state index is -0.525. The van der Waals surface area contributed by atoms with Crippen molar-refractivity contribution in [1.82, 2.24) is 19.4 Å². The molecule has 1 aromatic carbocycles. The summed E-state index contributed by atoms with van der Waals surface area (Å²) in [5.41, 5.74) is 1.78. The van der Waals surface area contributed by atoms with E-state index in [0.717, 1.165) is 29.5 Å². The van der Waals surface area contributed by atoms with Gasteiger partial charge in [0.25, 0.3) is 0 Å². The maximum Gasteiger partial charge on any atom is 0.410 e. The lowest BCUT2D eigenvalue weighted by Crippen LogP contribution is -2.43. The Balaban J connectivity index is 1.69. The van der Waals surface area contributed by atoms with Crippen LogP contribution in [0.15, 0.2) is 30.5 Å². The Morgan fingerprint density at radius 3 is 2.62 bits per heavy atom. The van der Waals surface area contributed by atoms with Gasteiger partial charge < -0.3 is 14.2 Å². The van der Waals surface area contributed by atoms with Crippen LogP contribution in [-0.4, -0.2) is 44.2 Å². The van der Waals surface area contributed by atoms with Gasteiger partial charge in [0.15, 0.2) is 0 Å². The Kier molecular flexibility index (Phi) is 6.57. The van der Waals surface area contributed by atoms with Gasteiger partial charge in [-0.3, -0.25) is 0 Å². The number of rotatable bonds is 3. The van der Waals surface area contributed by atoms with Crippen molar-refractivity contribution < 1.29 is 9.53 Å². The van der Waals surface area contributed by atoms with Crippen LogP contribution in [0.5, 0.6) is 0 Å². The van der Waals surface area contributed by atoms with Gasteiger partial charge in [0, 0.05) is 36.8 Å². The van der Waals surface area contributed by atoms with E-state index in [-0.39, 0.29) is 17.3 Å². The number of hydrogen-bond donors (Lipinski definition) is 0. The lowest BCUT2D eigenvalue weighted by Gasteiger charge is -2.34. The van der Waals surface area contributed by atoms with E-state index in [1.165, 1.54) is 0 Å². The summed E-state index contributed by atoms with van der Waals surface area (Å²) in [6, 6.07) is 7.42. The smallest absolute Gasteiger partial charge is 0.410 e. The van der Waals surface area contributed by atoms with Gasteiger partial charge in [0.2, 0.25) is 5.28 Å². The molecule has 0 saturated carbocycles. The number of fused-ring (bicyclic) bond motifs is 1. The predicted octanol–water partition coefficient (Wildman–Crippen LogP) is 6.71. The van der Waals surface area contributed by atoms with Crippen LogP contribution in [0.2, 0.25) is 15.3 Å². The molecule has 4 rings (SSSR count). The fourth-order valence-corrected chi connectivity index (χ4v) is 4.84. The van der Waals surface area contributed by atoms with Gasteiger partial charge in [0.05, 0.1) is 15.7 Å². The zero-order chi connectivity index (χ0) is 23.0. The van der Waals surface area contributed by atoms with E-state index in [1.807, 2.05) is 45.0 Å². The highest BCUT2D eigenvalue weighted by Gasteiger charge is 2.29. The third kappa shape index (κ3) is 4.98. The van der Waals surface area contributed by atoms with Gasteiger partial charge in [-0.05, 0) is 69.3 Å². The second kappa shape index (κ2) is 9.08. The van der Waals surface area contributed by atoms with Crippen LogP contribution in [0.1, 0.15) is 33.6 Å². The largest absolute Gasteiger partial charge is 0.444 e. The van der Waals surface area contributed by atoms with Crippen molar-refractivity contribution in [3.8, 4) is 11.3 Å². The van der Waals surface area contributed by atoms with Gasteiger partial charge in [-0.1, -0.05) is 29.3 Å². The molecule has 170 valence electrons. The molecule has 9 heteroatoms. The van der Waals surface area contributed by atoms with Gasteiger partial charge in [-0.25, -0.2) is 9.78 Å². The van der Waals surface area contributed by atoms with Gasteiger partial charge >= 0.3 is 6.09 Å². The third-order valence-electron chi connectivity index (χ3n) is 5.44. The zero-order valence-corrected chi connectivity index (χ0v) is 20.5. The standard InChI is InChI=1S/C23H25Cl3N4O2/c1-23(2,3)32-22(31)29-9-5-6-14(12-29)13-30-18(19-16(24)7-4-8-17(19)25)10-15-11-27-21(26)28-20(15)30/h4,7-8,10-11,14H,5-6,9,12-13H2,1-3H3. The summed E-state index contributed by atoms with van der Waals surface area (Å²) in [5, 5.41) is 2.13. The summed E-state index contributed by atoms with van der Waals surface area (Å²) in [7, 11) is 0. The Morgan fingerprint density at radius 1 is 1.22 bits per heavy atom. The van der Waals surface area contributed by atoms with E-state index in [4.69, 9.17) is 39.5 Å². The molecule has 0 N–H and O–H groups in total. The first kappa shape index (κ1) is 23.1. The highest BCUT2D eigenvalue weighted by molar-refractivity contribution is 6.39. The van der Waals surface area contributed by atoms with Crippen molar-refractivity contribution >= 4 is 51.9 Å². The first-order chi connectivity index (χ1) is 15.1. The number of aromatic nitrogens is 3. The molecule has 3 heterocycles. The second-order valence-corrected chi connectivity index (χ2v) is 10.2. The monoisotopic (exact) mass is 494 g/mol. The summed E-state index contributed by atoms with van der Waals surface area (Å²) in [4.78, 5) is 23.0. The summed E-state index contributed by atoms with van der Waals surface area (Å²) in [6.07, 6.45) is 3.30. The molecule has 1 aliphatic rings. The Bertz CT molecular complexity index is 1140. The number of piperidine rings is 1. The molecule has 3 aromatic rings. The molecule has 0 aliphatic carbocycles. The van der Waals surface area contributed by atoms with E-state index in [1.54, 1.807) is 11.1 Å². The van der Waals surface area contributed by atoms with E-state index < -0.39 is 5.60 Å². The van der Waals surface area contributed by atoms with Crippen molar-refractivity contribution in [2.45, 2.75) is 45.8 Å². The van der Waals surface area contributed by atoms with Crippen molar-refractivity contribution in [3.05, 3.63) is 45.8 Å². The van der Waals surface area contributed by atoms with Crippen molar-refractivity contribution in [2.24, 2.45) is 5.92 Å². The Hall–Kier alpha value is -2.02. The highest BCUT2D eigenvalue weighted by Crippen LogP contribution is 2.38. The normalized spacial score (nSPS) is 17.1. The fraction of sp³-hybridized carbons (Fsp3) is 0.435. The van der Waals surface area contributed by atoms with Crippen LogP contribution in [0.3, 0.4) is 0 Å². The predicted molar refractivity (Wildman–Crippen MR) is 129 cm³/mol. The van der Waals surface area contributed by atoms with Crippen LogP contribution in [0, 0.1) is 5.92 Å². The molecule has 6 nitrogen and oxygen atoms in total. The Morgan fingerprint density at radius 2 is 1.94 bits per heavy atom. The number of benzene rings is 1. The van der Waals surface area contributed by atoms with Crippen LogP contribution in [-0.2, 0) is 11.3 Å². The van der Waals surface area contributed by atoms with E-state index in [0.29, 0.717) is 35.3 Å². The molecule has 1 aliphatic heterocycles. The van der Waals surface area contributed by atoms with Gasteiger partial charge in [0.1, 0.15) is 11.2 Å². The molecule has 0 radical (unpaired) electrons. The summed E-state index contributed by atoms with van der Waals surface area (Å²) in [5.74, 6) is 0.209. The average molecular weight is 496 g/mol. The minimum absolute atomic E-state index is 0.174. The summed E-state index contributed by atoms with van der Waals surface area (Å²) >= 11 is 19.2. The maximum atomic E-state index is 12.6. The number of hydrogen-bond acceptors (Lipinski definition) is 4. The quantitative estimate of drug-likeness (QED) is 0.379. The number of amides is 1. The molecule has 0 spiro atoms. The lowest BCUT2D eigenvalue weighted by atomic mass is 9.98. The Labute approximate surface area is 202 Å². The number of carbonyl (C=O) groups is 1. The zero-order valence-electron chi connectivity index (χ0n) is 18.2. The van der Waals surface area contributed by atoms with Crippen molar-refractivity contribution in [3.63, 3.8) is 0 Å². The average Bonchev–Trinajstić information content (AvgIpc) is 3.04. The van der Waals surface area contributed by atoms with Crippen LogP contribution in [0.25, 0.3) is 22.3 Å². The molecule has 1 fully saturated rings. The molecular formula is C23H25Cl3N4O2. The van der Waals surface area contributed by atoms with Crippen molar-refractivity contribution in [1.29, 1.82) is 0 Å². The fourth-order valence-electron chi connectivity index (χ4n) is 4.12. The van der Waals surface area contributed by atoms with E-state index >= 15 is 0 Å². The molecule has 1 saturated heterocycles. The van der Waals surface area contributed by atoms with E-state index in [9.17, 15) is 4.79 Å². The molecule has 2 aromatic heterocycles. The summed E-state index contributed by atoms with van der Waals surface area (Å²) < 4.78 is 7.66. The number of halogens is 3. The molecule has 32 heavy (non-hydrogen) atoms. The molecule has 0 bridgehead atoms. The highest BCUT2D eigenvalue weighted by atomic mass is 35.5. The van der Waals surface area contributed by atoms with Crippen LogP contribution < -0.4 is 0 Å². The summed E-state index contributed by atoms with van der Waals surface area (Å²) in [6.45, 7) is 7.55.